The van der Waals surface area contributed by atoms with Crippen molar-refractivity contribution in [2.24, 2.45) is 0 Å². The second-order valence-electron chi connectivity index (χ2n) is 7.70. The van der Waals surface area contributed by atoms with E-state index in [1.54, 1.807) is 50.2 Å². The summed E-state index contributed by atoms with van der Waals surface area (Å²) in [7, 11) is -4.05. The monoisotopic (exact) mass is 492 g/mol. The van der Waals surface area contributed by atoms with Crippen molar-refractivity contribution in [3.05, 3.63) is 89.5 Å². The maximum atomic E-state index is 12.7. The molecule has 9 heteroatoms. The average molecular weight is 493 g/mol. The first kappa shape index (κ1) is 25.5. The predicted octanol–water partition coefficient (Wildman–Crippen LogP) is 4.17. The fourth-order valence-corrected chi connectivity index (χ4v) is 4.50. The molecule has 0 atom stereocenters. The van der Waals surface area contributed by atoms with Crippen molar-refractivity contribution in [2.45, 2.75) is 25.2 Å². The van der Waals surface area contributed by atoms with Gasteiger partial charge in [0.05, 0.1) is 18.1 Å². The van der Waals surface area contributed by atoms with Gasteiger partial charge in [0, 0.05) is 12.2 Å². The van der Waals surface area contributed by atoms with Gasteiger partial charge in [-0.3, -0.25) is 4.79 Å². The number of benzene rings is 3. The number of ether oxygens (including phenoxy) is 1. The number of anilines is 1. The van der Waals surface area contributed by atoms with Gasteiger partial charge in [0.2, 0.25) is 0 Å². The number of amides is 1. The van der Waals surface area contributed by atoms with Gasteiger partial charge in [-0.15, -0.1) is 0 Å². The molecular formula is C26H24N2O6S. The Bertz CT molecular complexity index is 1350. The third-order valence-electron chi connectivity index (χ3n) is 5.05. The van der Waals surface area contributed by atoms with E-state index < -0.39 is 28.6 Å². The molecule has 180 valence electrons. The van der Waals surface area contributed by atoms with Crippen LogP contribution in [0.25, 0.3) is 0 Å². The van der Waals surface area contributed by atoms with Crippen molar-refractivity contribution in [1.29, 1.82) is 5.26 Å². The molecule has 0 N–H and O–H groups in total. The fourth-order valence-electron chi connectivity index (χ4n) is 3.25. The molecule has 0 bridgehead atoms. The number of carbonyl (C=O) groups excluding carboxylic acids is 2. The van der Waals surface area contributed by atoms with Gasteiger partial charge in [0.25, 0.3) is 5.91 Å². The third-order valence-corrected chi connectivity index (χ3v) is 6.44. The van der Waals surface area contributed by atoms with E-state index >= 15 is 0 Å². The van der Waals surface area contributed by atoms with Gasteiger partial charge in [0.15, 0.2) is 6.61 Å². The van der Waals surface area contributed by atoms with E-state index in [0.29, 0.717) is 11.3 Å². The smallest absolute Gasteiger partial charge is 0.339 e. The highest BCUT2D eigenvalue weighted by molar-refractivity contribution is 7.87. The topological polar surface area (TPSA) is 114 Å². The summed E-state index contributed by atoms with van der Waals surface area (Å²) in [5.74, 6) is -1.19. The highest BCUT2D eigenvalue weighted by Gasteiger charge is 2.21. The number of hydrogen-bond donors (Lipinski definition) is 0. The molecule has 0 spiro atoms. The molecular weight excluding hydrogens is 468 g/mol. The van der Waals surface area contributed by atoms with Crippen LogP contribution in [0.15, 0.2) is 77.7 Å². The van der Waals surface area contributed by atoms with Crippen LogP contribution in [0.5, 0.6) is 5.75 Å². The maximum Gasteiger partial charge on any atom is 0.339 e. The number of nitrogens with zero attached hydrogens (tertiary/aromatic N) is 2. The van der Waals surface area contributed by atoms with E-state index in [0.717, 1.165) is 5.56 Å². The molecule has 3 aromatic carbocycles. The Kier molecular flexibility index (Phi) is 8.23. The number of rotatable bonds is 9. The normalized spacial score (nSPS) is 10.8. The minimum absolute atomic E-state index is 0.0327. The SMILES string of the molecule is Cc1ccc(C)c(S(=O)(=O)Oc2ccc(C(=O)OCC(=O)N(CCC#N)c3ccccc3)cc2)c1. The molecule has 0 aliphatic carbocycles. The second kappa shape index (κ2) is 11.3. The Morgan fingerprint density at radius 1 is 0.971 bits per heavy atom. The molecule has 0 aliphatic heterocycles. The first-order valence-electron chi connectivity index (χ1n) is 10.7. The van der Waals surface area contributed by atoms with Crippen LogP contribution in [0.2, 0.25) is 0 Å². The Hall–Kier alpha value is -4.16. The number of carbonyl (C=O) groups is 2. The molecule has 0 aromatic heterocycles. The minimum atomic E-state index is -4.05. The summed E-state index contributed by atoms with van der Waals surface area (Å²) >= 11 is 0. The number of nitriles is 1. The molecule has 1 amide bonds. The van der Waals surface area contributed by atoms with E-state index in [1.165, 1.54) is 35.2 Å². The van der Waals surface area contributed by atoms with Crippen LogP contribution >= 0.6 is 0 Å². The van der Waals surface area contributed by atoms with Crippen molar-refractivity contribution in [2.75, 3.05) is 18.1 Å². The number of aryl methyl sites for hydroxylation is 2. The number of para-hydroxylation sites is 1. The van der Waals surface area contributed by atoms with Crippen LogP contribution in [-0.4, -0.2) is 33.4 Å². The molecule has 8 nitrogen and oxygen atoms in total. The Balaban J connectivity index is 1.64. The molecule has 0 fully saturated rings. The molecule has 0 unspecified atom stereocenters. The molecule has 0 saturated heterocycles. The number of esters is 1. The highest BCUT2D eigenvalue weighted by atomic mass is 32.2. The molecule has 0 heterocycles. The Labute approximate surface area is 204 Å². The van der Waals surface area contributed by atoms with Crippen LogP contribution in [-0.2, 0) is 19.6 Å². The lowest BCUT2D eigenvalue weighted by atomic mass is 10.2. The lowest BCUT2D eigenvalue weighted by molar-refractivity contribution is -0.121. The summed E-state index contributed by atoms with van der Waals surface area (Å²) in [4.78, 5) is 26.5. The lowest BCUT2D eigenvalue weighted by Gasteiger charge is -2.21. The van der Waals surface area contributed by atoms with E-state index in [2.05, 4.69) is 0 Å². The van der Waals surface area contributed by atoms with Gasteiger partial charge < -0.3 is 13.8 Å². The molecule has 0 radical (unpaired) electrons. The zero-order valence-electron chi connectivity index (χ0n) is 19.3. The van der Waals surface area contributed by atoms with Gasteiger partial charge in [0.1, 0.15) is 10.6 Å². The summed E-state index contributed by atoms with van der Waals surface area (Å²) in [5.41, 5.74) is 2.05. The molecule has 35 heavy (non-hydrogen) atoms. The first-order valence-corrected chi connectivity index (χ1v) is 12.1. The van der Waals surface area contributed by atoms with Crippen molar-refractivity contribution < 1.29 is 26.9 Å². The Morgan fingerprint density at radius 2 is 1.66 bits per heavy atom. The summed E-state index contributed by atoms with van der Waals surface area (Å²) < 4.78 is 35.6. The van der Waals surface area contributed by atoms with Crippen molar-refractivity contribution >= 4 is 27.7 Å². The quantitative estimate of drug-likeness (QED) is 0.325. The average Bonchev–Trinajstić information content (AvgIpc) is 2.85. The second-order valence-corrected chi connectivity index (χ2v) is 9.21. The third kappa shape index (κ3) is 6.68. The summed E-state index contributed by atoms with van der Waals surface area (Å²) in [6.45, 7) is 3.11. The van der Waals surface area contributed by atoms with Crippen LogP contribution in [0, 0.1) is 25.2 Å². The van der Waals surface area contributed by atoms with Crippen LogP contribution in [0.4, 0.5) is 5.69 Å². The van der Waals surface area contributed by atoms with Gasteiger partial charge in [-0.2, -0.15) is 13.7 Å². The van der Waals surface area contributed by atoms with Crippen molar-refractivity contribution in [1.82, 2.24) is 0 Å². The molecule has 0 saturated carbocycles. The largest absolute Gasteiger partial charge is 0.452 e. The minimum Gasteiger partial charge on any atom is -0.452 e. The van der Waals surface area contributed by atoms with E-state index in [1.807, 2.05) is 12.1 Å². The summed E-state index contributed by atoms with van der Waals surface area (Å²) in [6, 6.07) is 21.2. The predicted molar refractivity (Wildman–Crippen MR) is 129 cm³/mol. The van der Waals surface area contributed by atoms with Crippen molar-refractivity contribution in [3.63, 3.8) is 0 Å². The maximum absolute atomic E-state index is 12.7. The van der Waals surface area contributed by atoms with Crippen LogP contribution in [0.3, 0.4) is 0 Å². The van der Waals surface area contributed by atoms with Gasteiger partial charge >= 0.3 is 16.1 Å². The standard InChI is InChI=1S/C26H24N2O6S/c1-19-9-10-20(2)24(17-19)35(31,32)34-23-13-11-21(12-14-23)26(30)33-18-25(29)28(16-6-15-27)22-7-4-3-5-8-22/h3-5,7-14,17H,6,16,18H2,1-2H3. The molecule has 3 aromatic rings. The zero-order valence-corrected chi connectivity index (χ0v) is 20.1. The fraction of sp³-hybridized carbons (Fsp3) is 0.192. The number of hydrogen-bond acceptors (Lipinski definition) is 7. The van der Waals surface area contributed by atoms with Gasteiger partial charge in [-0.25, -0.2) is 4.79 Å². The first-order chi connectivity index (χ1) is 16.7. The summed E-state index contributed by atoms with van der Waals surface area (Å²) in [6.07, 6.45) is 0.126. The van der Waals surface area contributed by atoms with Crippen LogP contribution < -0.4 is 9.08 Å². The molecule has 0 aliphatic rings. The van der Waals surface area contributed by atoms with E-state index in [4.69, 9.17) is 14.2 Å². The zero-order chi connectivity index (χ0) is 25.4. The van der Waals surface area contributed by atoms with E-state index in [9.17, 15) is 18.0 Å². The lowest BCUT2D eigenvalue weighted by Crippen LogP contribution is -2.35. The van der Waals surface area contributed by atoms with Crippen molar-refractivity contribution in [3.8, 4) is 11.8 Å². The van der Waals surface area contributed by atoms with Gasteiger partial charge in [-0.05, 0) is 67.4 Å². The van der Waals surface area contributed by atoms with Gasteiger partial charge in [-0.1, -0.05) is 30.3 Å². The molecule has 3 rings (SSSR count). The summed E-state index contributed by atoms with van der Waals surface area (Å²) in [5, 5.41) is 8.87. The van der Waals surface area contributed by atoms with E-state index in [-0.39, 0.29) is 29.2 Å². The Morgan fingerprint density at radius 3 is 2.31 bits per heavy atom. The van der Waals surface area contributed by atoms with Crippen LogP contribution in [0.1, 0.15) is 27.9 Å². The highest BCUT2D eigenvalue weighted by Crippen LogP contribution is 2.23.